The third-order valence-electron chi connectivity index (χ3n) is 4.31. The first-order valence-corrected chi connectivity index (χ1v) is 8.33. The van der Waals surface area contributed by atoms with E-state index in [2.05, 4.69) is 25.7 Å². The van der Waals surface area contributed by atoms with Crippen LogP contribution in [0.15, 0.2) is 60.7 Å². The van der Waals surface area contributed by atoms with Crippen molar-refractivity contribution in [3.05, 3.63) is 71.8 Å². The molecule has 120 valence electrons. The number of benzene rings is 2. The highest BCUT2D eigenvalue weighted by Crippen LogP contribution is 2.32. The molecule has 2 rings (SSSR count). The van der Waals surface area contributed by atoms with Gasteiger partial charge in [-0.3, -0.25) is 0 Å². The van der Waals surface area contributed by atoms with E-state index < -0.39 is 5.60 Å². The molecule has 2 N–H and O–H groups in total. The van der Waals surface area contributed by atoms with Gasteiger partial charge in [0.1, 0.15) is 12.1 Å². The average molecular weight is 308 g/mol. The van der Waals surface area contributed by atoms with Gasteiger partial charge in [-0.05, 0) is 30.9 Å². The summed E-state index contributed by atoms with van der Waals surface area (Å²) >= 11 is 0. The Labute approximate surface area is 139 Å². The number of rotatable bonds is 6. The molecule has 0 saturated carbocycles. The molecule has 0 radical (unpaired) electrons. The normalized spacial score (nSPS) is 11.1. The molecule has 0 aliphatic heterocycles. The summed E-state index contributed by atoms with van der Waals surface area (Å²) in [5.41, 5.74) is 0.708. The minimum Gasteiger partial charge on any atom is -0.379 e. The molecule has 0 spiro atoms. The van der Waals surface area contributed by atoms with Crippen LogP contribution in [-0.4, -0.2) is 24.7 Å². The molecule has 0 aliphatic rings. The Morgan fingerprint density at radius 1 is 0.826 bits per heavy atom. The Hall–Kier alpha value is -2.08. The lowest BCUT2D eigenvalue weighted by molar-refractivity contribution is -0.889. The summed E-state index contributed by atoms with van der Waals surface area (Å²) in [7, 11) is 0. The molecule has 0 atom stereocenters. The van der Waals surface area contributed by atoms with Gasteiger partial charge in [0.15, 0.2) is 0 Å². The monoisotopic (exact) mass is 308 g/mol. The maximum Gasteiger partial charge on any atom is 0.139 e. The van der Waals surface area contributed by atoms with Crippen molar-refractivity contribution in [2.45, 2.75) is 25.9 Å². The molecular weight excluding hydrogens is 282 g/mol. The summed E-state index contributed by atoms with van der Waals surface area (Å²) in [6, 6.07) is 19.6. The van der Waals surface area contributed by atoms with Crippen molar-refractivity contribution in [3.63, 3.8) is 0 Å². The van der Waals surface area contributed by atoms with Gasteiger partial charge < -0.3 is 10.0 Å². The number of hydrogen-bond acceptors (Lipinski definition) is 1. The Balaban J connectivity index is 2.24. The molecule has 0 bridgehead atoms. The fraction of sp³-hybridized carbons (Fsp3) is 0.333. The minimum atomic E-state index is -1.06. The van der Waals surface area contributed by atoms with E-state index in [1.54, 1.807) is 0 Å². The Morgan fingerprint density at radius 3 is 1.74 bits per heavy atom. The first kappa shape index (κ1) is 17.3. The Morgan fingerprint density at radius 2 is 1.30 bits per heavy atom. The van der Waals surface area contributed by atoms with Crippen LogP contribution in [0.1, 0.15) is 31.4 Å². The summed E-state index contributed by atoms with van der Waals surface area (Å²) in [5.74, 6) is 6.44. The third kappa shape index (κ3) is 4.45. The van der Waals surface area contributed by atoms with Gasteiger partial charge in [0.2, 0.25) is 0 Å². The van der Waals surface area contributed by atoms with Gasteiger partial charge in [0.05, 0.1) is 13.1 Å². The van der Waals surface area contributed by atoms with Crippen molar-refractivity contribution in [2.24, 2.45) is 0 Å². The second-order valence-corrected chi connectivity index (χ2v) is 5.76. The standard InChI is InChI=1S/C21H25NO/c1-3-22(4-2)18-12-11-17-21(23,19-13-7-5-8-14-19)20-15-9-6-10-16-20/h5-10,13-16,23H,3-4,17-18H2,1-2H3/p+1. The number of aliphatic hydroxyl groups is 1. The highest BCUT2D eigenvalue weighted by atomic mass is 16.3. The highest BCUT2D eigenvalue weighted by molar-refractivity contribution is 5.37. The molecule has 2 heteroatoms. The van der Waals surface area contributed by atoms with Gasteiger partial charge in [-0.25, -0.2) is 0 Å². The van der Waals surface area contributed by atoms with E-state index in [-0.39, 0.29) is 0 Å². The molecule has 0 heterocycles. The summed E-state index contributed by atoms with van der Waals surface area (Å²) in [5, 5.41) is 11.3. The first-order valence-electron chi connectivity index (χ1n) is 8.33. The minimum absolute atomic E-state index is 0.404. The molecule has 0 amide bonds. The van der Waals surface area contributed by atoms with E-state index in [1.165, 1.54) is 4.90 Å². The van der Waals surface area contributed by atoms with E-state index in [4.69, 9.17) is 0 Å². The van der Waals surface area contributed by atoms with Gasteiger partial charge in [0.25, 0.3) is 0 Å². The van der Waals surface area contributed by atoms with Crippen LogP contribution in [-0.2, 0) is 5.60 Å². The van der Waals surface area contributed by atoms with E-state index in [0.29, 0.717) is 6.42 Å². The fourth-order valence-corrected chi connectivity index (χ4v) is 2.68. The second-order valence-electron chi connectivity index (χ2n) is 5.76. The molecule has 0 aromatic heterocycles. The summed E-state index contributed by atoms with van der Waals surface area (Å²) < 4.78 is 0. The highest BCUT2D eigenvalue weighted by Gasteiger charge is 2.30. The zero-order chi connectivity index (χ0) is 16.5. The van der Waals surface area contributed by atoms with Gasteiger partial charge in [-0.15, -0.1) is 0 Å². The van der Waals surface area contributed by atoms with Crippen LogP contribution in [0.2, 0.25) is 0 Å². The Kier molecular flexibility index (Phi) is 6.40. The lowest BCUT2D eigenvalue weighted by atomic mass is 9.84. The predicted octanol–water partition coefficient (Wildman–Crippen LogP) is 2.24. The van der Waals surface area contributed by atoms with E-state index >= 15 is 0 Å². The van der Waals surface area contributed by atoms with Crippen LogP contribution in [0.3, 0.4) is 0 Å². The van der Waals surface area contributed by atoms with Crippen LogP contribution in [0.5, 0.6) is 0 Å². The molecule has 0 fully saturated rings. The summed E-state index contributed by atoms with van der Waals surface area (Å²) in [6.07, 6.45) is 0.404. The van der Waals surface area contributed by atoms with E-state index in [9.17, 15) is 5.11 Å². The largest absolute Gasteiger partial charge is 0.379 e. The zero-order valence-electron chi connectivity index (χ0n) is 14.0. The van der Waals surface area contributed by atoms with Crippen LogP contribution in [0.4, 0.5) is 0 Å². The predicted molar refractivity (Wildman–Crippen MR) is 95.2 cm³/mol. The Bertz CT molecular complexity index is 596. The zero-order valence-corrected chi connectivity index (χ0v) is 14.0. The van der Waals surface area contributed by atoms with Crippen molar-refractivity contribution in [3.8, 4) is 11.8 Å². The van der Waals surface area contributed by atoms with Crippen LogP contribution < -0.4 is 4.90 Å². The van der Waals surface area contributed by atoms with Gasteiger partial charge >= 0.3 is 0 Å². The van der Waals surface area contributed by atoms with Gasteiger partial charge in [-0.2, -0.15) is 0 Å². The molecule has 2 aromatic rings. The lowest BCUT2D eigenvalue weighted by Crippen LogP contribution is -3.11. The number of nitrogens with one attached hydrogen (secondary N) is 1. The molecule has 23 heavy (non-hydrogen) atoms. The average Bonchev–Trinajstić information content (AvgIpc) is 2.63. The maximum absolute atomic E-state index is 11.3. The smallest absolute Gasteiger partial charge is 0.139 e. The van der Waals surface area contributed by atoms with E-state index in [1.807, 2.05) is 60.7 Å². The van der Waals surface area contributed by atoms with Gasteiger partial charge in [0, 0.05) is 6.42 Å². The lowest BCUT2D eigenvalue weighted by Gasteiger charge is -2.27. The summed E-state index contributed by atoms with van der Waals surface area (Å²) in [4.78, 5) is 1.46. The molecule has 0 unspecified atom stereocenters. The van der Waals surface area contributed by atoms with Crippen LogP contribution >= 0.6 is 0 Å². The molecule has 2 nitrogen and oxygen atoms in total. The quantitative estimate of drug-likeness (QED) is 0.786. The SMILES string of the molecule is CC[NH+](CC)CC#CCC(O)(c1ccccc1)c1ccccc1. The first-order chi connectivity index (χ1) is 11.2. The van der Waals surface area contributed by atoms with Crippen molar-refractivity contribution in [1.82, 2.24) is 0 Å². The third-order valence-corrected chi connectivity index (χ3v) is 4.31. The van der Waals surface area contributed by atoms with E-state index in [0.717, 1.165) is 30.8 Å². The molecular formula is C21H26NO+. The van der Waals surface area contributed by atoms with Crippen molar-refractivity contribution in [1.29, 1.82) is 0 Å². The number of quaternary nitrogens is 1. The van der Waals surface area contributed by atoms with Gasteiger partial charge in [-0.1, -0.05) is 66.6 Å². The van der Waals surface area contributed by atoms with Crippen LogP contribution in [0.25, 0.3) is 0 Å². The van der Waals surface area contributed by atoms with Crippen molar-refractivity contribution in [2.75, 3.05) is 19.6 Å². The second kappa shape index (κ2) is 8.53. The molecule has 0 saturated heterocycles. The van der Waals surface area contributed by atoms with Crippen molar-refractivity contribution >= 4 is 0 Å². The van der Waals surface area contributed by atoms with Crippen LogP contribution in [0, 0.1) is 11.8 Å². The maximum atomic E-state index is 11.3. The fourth-order valence-electron chi connectivity index (χ4n) is 2.68. The molecule has 2 aromatic carbocycles. The van der Waals surface area contributed by atoms with Crippen molar-refractivity contribution < 1.29 is 10.0 Å². The topological polar surface area (TPSA) is 24.7 Å². The summed E-state index contributed by atoms with van der Waals surface area (Å²) in [6.45, 7) is 7.32. The number of hydrogen-bond donors (Lipinski definition) is 2. The molecule has 0 aliphatic carbocycles.